The largest absolute Gasteiger partial charge is 0.310 e. The van der Waals surface area contributed by atoms with Crippen LogP contribution in [0.5, 0.6) is 0 Å². The van der Waals surface area contributed by atoms with E-state index >= 15 is 0 Å². The molecule has 5 nitrogen and oxygen atoms in total. The molecule has 6 heterocycles. The van der Waals surface area contributed by atoms with Gasteiger partial charge in [-0.05, 0) is 243 Å². The number of benzene rings is 18. The van der Waals surface area contributed by atoms with Crippen molar-refractivity contribution in [3.63, 3.8) is 0 Å². The Morgan fingerprint density at radius 3 is 0.862 bits per heavy atom. The fraction of sp³-hybridized carbons (Fsp3) is 0.129. The van der Waals surface area contributed by atoms with Crippen molar-refractivity contribution in [1.29, 1.82) is 0 Å². The topological polar surface area (TPSA) is 20.8 Å². The van der Waals surface area contributed by atoms with Gasteiger partial charge in [0, 0.05) is 99.5 Å². The van der Waals surface area contributed by atoms with Crippen molar-refractivity contribution in [2.24, 2.45) is 0 Å². The zero-order valence-electron chi connectivity index (χ0n) is 75.8. The van der Waals surface area contributed by atoms with E-state index in [1.165, 1.54) is 98.3 Å². The molecular formula is C124H100BN5. The van der Waals surface area contributed by atoms with Crippen molar-refractivity contribution in [2.75, 3.05) is 9.80 Å². The van der Waals surface area contributed by atoms with Gasteiger partial charge in [0.1, 0.15) is 0 Å². The Kier molecular flexibility index (Phi) is 17.7. The van der Waals surface area contributed by atoms with Crippen LogP contribution in [0.2, 0.25) is 0 Å². The molecule has 0 amide bonds. The first-order valence-electron chi connectivity index (χ1n) is 46.1. The van der Waals surface area contributed by atoms with E-state index in [0.717, 1.165) is 145 Å². The minimum Gasteiger partial charge on any atom is -0.310 e. The molecule has 24 rings (SSSR count). The summed E-state index contributed by atoms with van der Waals surface area (Å²) in [5, 5.41) is 9.94. The Bertz CT molecular complexity index is 7690. The Hall–Kier alpha value is -15.0. The maximum atomic E-state index is 2.76. The van der Waals surface area contributed by atoms with E-state index in [4.69, 9.17) is 0 Å². The van der Waals surface area contributed by atoms with Crippen LogP contribution < -0.4 is 26.2 Å². The Balaban J connectivity index is 0.894. The molecule has 18 aromatic carbocycles. The van der Waals surface area contributed by atoms with Gasteiger partial charge < -0.3 is 23.3 Å². The van der Waals surface area contributed by atoms with E-state index in [1.54, 1.807) is 0 Å². The van der Waals surface area contributed by atoms with E-state index < -0.39 is 0 Å². The molecule has 130 heavy (non-hydrogen) atoms. The third kappa shape index (κ3) is 12.5. The highest BCUT2D eigenvalue weighted by Gasteiger charge is 2.47. The number of rotatable bonds is 11. The van der Waals surface area contributed by atoms with E-state index in [-0.39, 0.29) is 28.4 Å². The molecule has 0 unspecified atom stereocenters. The van der Waals surface area contributed by atoms with Crippen LogP contribution in [0.25, 0.3) is 171 Å². The number of hydrogen-bond donors (Lipinski definition) is 0. The van der Waals surface area contributed by atoms with Crippen molar-refractivity contribution in [3.8, 4) is 89.3 Å². The first-order valence-corrected chi connectivity index (χ1v) is 46.1. The molecule has 0 atom stereocenters. The van der Waals surface area contributed by atoms with Gasteiger partial charge in [-0.25, -0.2) is 0 Å². The summed E-state index contributed by atoms with van der Waals surface area (Å²) >= 11 is 0. The van der Waals surface area contributed by atoms with Crippen molar-refractivity contribution in [2.45, 2.75) is 105 Å². The second-order valence-corrected chi connectivity index (χ2v) is 40.4. The summed E-state index contributed by atoms with van der Waals surface area (Å²) in [6.45, 7) is 27.8. The number of aromatic nitrogens is 3. The first-order chi connectivity index (χ1) is 63.0. The molecule has 0 spiro atoms. The molecule has 0 saturated heterocycles. The lowest BCUT2D eigenvalue weighted by Gasteiger charge is -2.46. The number of para-hydroxylation sites is 2. The van der Waals surface area contributed by atoms with Gasteiger partial charge in [0.2, 0.25) is 0 Å². The monoisotopic (exact) mass is 1670 g/mol. The summed E-state index contributed by atoms with van der Waals surface area (Å²) in [4.78, 5) is 5.52. The Labute approximate surface area is 761 Å². The summed E-state index contributed by atoms with van der Waals surface area (Å²) in [6, 6.07) is 150. The average Bonchev–Trinajstić information content (AvgIpc) is 1.03. The molecule has 0 saturated carbocycles. The van der Waals surface area contributed by atoms with Crippen LogP contribution in [0.1, 0.15) is 105 Å². The normalized spacial score (nSPS) is 13.0. The molecule has 624 valence electrons. The predicted octanol–water partition coefficient (Wildman–Crippen LogP) is 32.0. The van der Waals surface area contributed by atoms with E-state index in [0.29, 0.717) is 0 Å². The smallest absolute Gasteiger partial charge is 0.252 e. The molecule has 4 aromatic heterocycles. The Morgan fingerprint density at radius 2 is 0.500 bits per heavy atom. The summed E-state index contributed by atoms with van der Waals surface area (Å²) < 4.78 is 7.68. The first kappa shape index (κ1) is 78.5. The molecule has 0 N–H and O–H groups in total. The van der Waals surface area contributed by atoms with E-state index in [2.05, 4.69) is 495 Å². The summed E-state index contributed by atoms with van der Waals surface area (Å²) in [6.07, 6.45) is 0. The highest BCUT2D eigenvalue weighted by atomic mass is 15.2. The SMILES string of the molecule is CC(C)(C)c1ccc2c(c1)c1cc(C(C)(C)C)ccc1n2-c1ccc2c(c1)N(c1c(-c3ccccc3)cc(-c3ccccc3)cc1-c1ccccc1)c1cc(-c3ccc4c(c3)c3cccc5c6ccccc6n4c53)cc3c1B2c1ccc(-n2c4ccc(C(C)(C)C)cc4c4cc(C(C)(C)C)ccc42)cc1N3c1c(-c2ccccc2)cc(-c2ccccc2)cc1-c1ccccc1. The number of nitrogens with zero attached hydrogens (tertiary/aromatic N) is 5. The van der Waals surface area contributed by atoms with Gasteiger partial charge in [0.25, 0.3) is 6.71 Å². The summed E-state index contributed by atoms with van der Waals surface area (Å²) in [5.41, 5.74) is 41.0. The lowest BCUT2D eigenvalue weighted by atomic mass is 9.33. The third-order valence-corrected chi connectivity index (χ3v) is 28.3. The zero-order valence-corrected chi connectivity index (χ0v) is 75.8. The quantitative estimate of drug-likeness (QED) is 0.120. The van der Waals surface area contributed by atoms with Crippen LogP contribution in [-0.2, 0) is 21.7 Å². The van der Waals surface area contributed by atoms with Crippen LogP contribution >= 0.6 is 0 Å². The van der Waals surface area contributed by atoms with E-state index in [1.807, 2.05) is 0 Å². The molecule has 0 aliphatic carbocycles. The van der Waals surface area contributed by atoms with Gasteiger partial charge in [-0.1, -0.05) is 344 Å². The van der Waals surface area contributed by atoms with Crippen LogP contribution in [0, 0.1) is 0 Å². The second kappa shape index (κ2) is 29.3. The highest BCUT2D eigenvalue weighted by Crippen LogP contribution is 2.57. The number of anilines is 6. The molecular weight excluding hydrogens is 1570 g/mol. The molecule has 0 radical (unpaired) electrons. The Morgan fingerprint density at radius 1 is 0.200 bits per heavy atom. The maximum absolute atomic E-state index is 2.76. The van der Waals surface area contributed by atoms with Gasteiger partial charge in [0.15, 0.2) is 0 Å². The van der Waals surface area contributed by atoms with Crippen molar-refractivity contribution >= 4 is 139 Å². The molecule has 6 heteroatoms. The molecule has 2 aliphatic rings. The number of hydrogen-bond acceptors (Lipinski definition) is 2. The molecule has 0 fully saturated rings. The van der Waals surface area contributed by atoms with Crippen molar-refractivity contribution in [3.05, 3.63) is 411 Å². The summed E-state index contributed by atoms with van der Waals surface area (Å²) in [5.74, 6) is 0. The fourth-order valence-electron chi connectivity index (χ4n) is 21.7. The molecule has 2 aliphatic heterocycles. The van der Waals surface area contributed by atoms with Gasteiger partial charge >= 0.3 is 0 Å². The van der Waals surface area contributed by atoms with Gasteiger partial charge in [-0.3, -0.25) is 0 Å². The van der Waals surface area contributed by atoms with E-state index in [9.17, 15) is 0 Å². The van der Waals surface area contributed by atoms with Crippen LogP contribution in [0.4, 0.5) is 34.1 Å². The fourth-order valence-corrected chi connectivity index (χ4v) is 21.7. The zero-order chi connectivity index (χ0) is 88.1. The van der Waals surface area contributed by atoms with Crippen LogP contribution in [0.15, 0.2) is 388 Å². The molecule has 0 bridgehead atoms. The standard InChI is InChI=1S/C124H100BN5/c1-121(2,3)87-51-60-108-101(71-87)102-72-88(122(4,5)6)52-61-109(102)126(108)91-55-57-105-113(75-91)129(119-96(79-38-23-15-24-39-79)65-84(77-34-19-13-20-35-77)66-97(119)80-40-25-16-26-41-80)115-69-86(83-50-59-112-100(64-83)95-48-33-47-94-93-46-31-32-49-107(93)128(112)118(94)95)70-116-117(115)125(105)106-58-56-92(127-110-62-53-89(123(7,8)9)73-103(110)104-74-90(124(10,11)12)54-63-111(104)127)76-114(106)130(116)120-98(81-42-27-17-28-43-81)67-85(78-36-21-14-22-37-78)68-99(120)82-44-29-18-30-45-82/h13-76H,1-12H3. The maximum Gasteiger partial charge on any atom is 0.252 e. The van der Waals surface area contributed by atoms with Crippen LogP contribution in [-0.4, -0.2) is 20.2 Å². The highest BCUT2D eigenvalue weighted by molar-refractivity contribution is 7.00. The predicted molar refractivity (Wildman–Crippen MR) is 557 cm³/mol. The number of fused-ring (bicyclic) bond motifs is 16. The minimum atomic E-state index is -0.354. The van der Waals surface area contributed by atoms with Crippen molar-refractivity contribution in [1.82, 2.24) is 13.5 Å². The van der Waals surface area contributed by atoms with Crippen LogP contribution in [0.3, 0.4) is 0 Å². The van der Waals surface area contributed by atoms with Gasteiger partial charge in [-0.2, -0.15) is 0 Å². The van der Waals surface area contributed by atoms with Crippen molar-refractivity contribution < 1.29 is 0 Å². The second-order valence-electron chi connectivity index (χ2n) is 40.4. The average molecular weight is 1670 g/mol. The van der Waals surface area contributed by atoms with Gasteiger partial charge in [-0.15, -0.1) is 0 Å². The lowest BCUT2D eigenvalue weighted by molar-refractivity contribution is 0.590. The lowest BCUT2D eigenvalue weighted by Crippen LogP contribution is -2.61. The minimum absolute atomic E-state index is 0.0978. The van der Waals surface area contributed by atoms with Gasteiger partial charge in [0.05, 0.1) is 50.0 Å². The summed E-state index contributed by atoms with van der Waals surface area (Å²) in [7, 11) is 0. The molecule has 22 aromatic rings. The third-order valence-electron chi connectivity index (χ3n) is 28.3.